The minimum atomic E-state index is -0.271. The van der Waals surface area contributed by atoms with Gasteiger partial charge in [-0.2, -0.15) is 0 Å². The smallest absolute Gasteiger partial charge is 0.273 e. The molecule has 0 aliphatic carbocycles. The number of oxazole rings is 1. The predicted octanol–water partition coefficient (Wildman–Crippen LogP) is 3.09. The monoisotopic (exact) mass is 482 g/mol. The molecule has 8 nitrogen and oxygen atoms in total. The number of nitrogens with one attached hydrogen (secondary N) is 1. The Balaban J connectivity index is 1.37. The van der Waals surface area contributed by atoms with Crippen LogP contribution in [0.5, 0.6) is 5.75 Å². The summed E-state index contributed by atoms with van der Waals surface area (Å²) in [7, 11) is 1.63. The summed E-state index contributed by atoms with van der Waals surface area (Å²) in [5.41, 5.74) is 2.31. The topological polar surface area (TPSA) is 80.1 Å². The van der Waals surface area contributed by atoms with Crippen LogP contribution in [-0.2, 0) is 24.4 Å². The first-order chi connectivity index (χ1) is 17.1. The number of rotatable bonds is 11. The zero-order chi connectivity index (χ0) is 24.5. The third kappa shape index (κ3) is 7.61. The zero-order valence-corrected chi connectivity index (χ0v) is 19.9. The zero-order valence-electron chi connectivity index (χ0n) is 19.9. The highest BCUT2D eigenvalue weighted by atomic mass is 19.1. The largest absolute Gasteiger partial charge is 0.497 e. The summed E-state index contributed by atoms with van der Waals surface area (Å²) in [6.45, 7) is 6.09. The van der Waals surface area contributed by atoms with Gasteiger partial charge in [-0.3, -0.25) is 14.6 Å². The number of hydrogen-bond acceptors (Lipinski definition) is 7. The third-order valence-corrected chi connectivity index (χ3v) is 5.85. The van der Waals surface area contributed by atoms with E-state index in [4.69, 9.17) is 13.9 Å². The fourth-order valence-corrected chi connectivity index (χ4v) is 3.93. The number of ether oxygens (including phenoxy) is 2. The fraction of sp³-hybridized carbons (Fsp3) is 0.385. The van der Waals surface area contributed by atoms with Gasteiger partial charge in [-0.05, 0) is 35.4 Å². The summed E-state index contributed by atoms with van der Waals surface area (Å²) in [5.74, 6) is 0.704. The first-order valence-electron chi connectivity index (χ1n) is 11.7. The van der Waals surface area contributed by atoms with Crippen LogP contribution < -0.4 is 10.1 Å². The van der Waals surface area contributed by atoms with Crippen LogP contribution >= 0.6 is 0 Å². The number of carbonyl (C=O) groups excluding carboxylic acids is 1. The molecule has 0 unspecified atom stereocenters. The Labute approximate surface area is 204 Å². The van der Waals surface area contributed by atoms with Gasteiger partial charge in [0.25, 0.3) is 5.91 Å². The standard InChI is InChI=1S/C26H31FN4O4/c1-33-23-8-4-21(5-9-23)17-31(16-20-2-6-22(27)7-3-20)18-25-29-24(19-35-25)26(32)28-10-11-30-12-14-34-15-13-30/h2-9,19H,10-18H2,1H3,(H,28,32). The lowest BCUT2D eigenvalue weighted by atomic mass is 10.1. The number of methoxy groups -OCH3 is 1. The van der Waals surface area contributed by atoms with E-state index >= 15 is 0 Å². The second kappa shape index (κ2) is 12.4. The molecular weight excluding hydrogens is 451 g/mol. The SMILES string of the molecule is COc1ccc(CN(Cc2ccc(F)cc2)Cc2nc(C(=O)NCCN3CCOCC3)co2)cc1. The molecule has 0 saturated carbocycles. The van der Waals surface area contributed by atoms with Crippen LogP contribution in [0.4, 0.5) is 4.39 Å². The van der Waals surface area contributed by atoms with Gasteiger partial charge in [0.2, 0.25) is 5.89 Å². The number of morpholine rings is 1. The molecule has 1 aliphatic heterocycles. The summed E-state index contributed by atoms with van der Waals surface area (Å²) < 4.78 is 29.6. The molecule has 0 bridgehead atoms. The van der Waals surface area contributed by atoms with E-state index in [1.807, 2.05) is 24.3 Å². The summed E-state index contributed by atoms with van der Waals surface area (Å²) in [4.78, 5) is 21.3. The molecule has 1 amide bonds. The minimum absolute atomic E-state index is 0.256. The van der Waals surface area contributed by atoms with Crippen LogP contribution in [0.1, 0.15) is 27.5 Å². The van der Waals surface area contributed by atoms with Crippen LogP contribution in [0, 0.1) is 5.82 Å². The van der Waals surface area contributed by atoms with Crippen molar-refractivity contribution >= 4 is 5.91 Å². The van der Waals surface area contributed by atoms with Crippen molar-refractivity contribution in [2.75, 3.05) is 46.5 Å². The number of nitrogens with zero attached hydrogens (tertiary/aromatic N) is 3. The van der Waals surface area contributed by atoms with Crippen LogP contribution in [0.25, 0.3) is 0 Å². The fourth-order valence-electron chi connectivity index (χ4n) is 3.93. The number of aromatic nitrogens is 1. The van der Waals surface area contributed by atoms with E-state index in [2.05, 4.69) is 20.1 Å². The van der Waals surface area contributed by atoms with Crippen LogP contribution in [0.2, 0.25) is 0 Å². The van der Waals surface area contributed by atoms with Gasteiger partial charge in [0.05, 0.1) is 26.9 Å². The molecule has 35 heavy (non-hydrogen) atoms. The number of benzene rings is 2. The maximum absolute atomic E-state index is 13.4. The Morgan fingerprint density at radius 2 is 1.71 bits per heavy atom. The number of halogens is 1. The Bertz CT molecular complexity index is 1070. The highest BCUT2D eigenvalue weighted by Gasteiger charge is 2.17. The van der Waals surface area contributed by atoms with E-state index in [-0.39, 0.29) is 17.4 Å². The molecule has 0 spiro atoms. The number of amides is 1. The lowest BCUT2D eigenvalue weighted by Gasteiger charge is -2.26. The van der Waals surface area contributed by atoms with Crippen molar-refractivity contribution in [2.24, 2.45) is 0 Å². The van der Waals surface area contributed by atoms with Crippen LogP contribution in [0.15, 0.2) is 59.2 Å². The van der Waals surface area contributed by atoms with Crippen molar-refractivity contribution in [1.82, 2.24) is 20.1 Å². The van der Waals surface area contributed by atoms with Gasteiger partial charge in [0.15, 0.2) is 5.69 Å². The maximum Gasteiger partial charge on any atom is 0.273 e. The number of hydrogen-bond donors (Lipinski definition) is 1. The first-order valence-corrected chi connectivity index (χ1v) is 11.7. The van der Waals surface area contributed by atoms with Crippen molar-refractivity contribution in [3.8, 4) is 5.75 Å². The second-order valence-corrected chi connectivity index (χ2v) is 8.46. The molecule has 1 N–H and O–H groups in total. The minimum Gasteiger partial charge on any atom is -0.497 e. The molecule has 1 fully saturated rings. The maximum atomic E-state index is 13.4. The summed E-state index contributed by atoms with van der Waals surface area (Å²) >= 11 is 0. The molecule has 1 aliphatic rings. The Kier molecular flexibility index (Phi) is 8.83. The van der Waals surface area contributed by atoms with Crippen LogP contribution in [-0.4, -0.2) is 67.2 Å². The van der Waals surface area contributed by atoms with Gasteiger partial charge >= 0.3 is 0 Å². The molecule has 2 aromatic carbocycles. The normalized spacial score (nSPS) is 14.3. The van der Waals surface area contributed by atoms with E-state index < -0.39 is 0 Å². The van der Waals surface area contributed by atoms with E-state index in [0.717, 1.165) is 49.7 Å². The number of carbonyl (C=O) groups is 1. The molecule has 1 aromatic heterocycles. The molecule has 4 rings (SSSR count). The van der Waals surface area contributed by atoms with Crippen molar-refractivity contribution in [1.29, 1.82) is 0 Å². The Morgan fingerprint density at radius 1 is 1.06 bits per heavy atom. The van der Waals surface area contributed by atoms with Crippen molar-refractivity contribution < 1.29 is 23.1 Å². The second-order valence-electron chi connectivity index (χ2n) is 8.46. The lowest BCUT2D eigenvalue weighted by Crippen LogP contribution is -2.41. The van der Waals surface area contributed by atoms with Crippen molar-refractivity contribution in [3.05, 3.63) is 83.3 Å². The lowest BCUT2D eigenvalue weighted by molar-refractivity contribution is 0.0383. The average Bonchev–Trinajstić information content (AvgIpc) is 3.35. The molecule has 186 valence electrons. The van der Waals surface area contributed by atoms with Gasteiger partial charge in [0.1, 0.15) is 17.8 Å². The molecular formula is C26H31FN4O4. The predicted molar refractivity (Wildman–Crippen MR) is 128 cm³/mol. The van der Waals surface area contributed by atoms with Gasteiger partial charge in [-0.15, -0.1) is 0 Å². The highest BCUT2D eigenvalue weighted by molar-refractivity contribution is 5.91. The van der Waals surface area contributed by atoms with E-state index in [1.165, 1.54) is 18.4 Å². The summed E-state index contributed by atoms with van der Waals surface area (Å²) in [6, 6.07) is 14.2. The van der Waals surface area contributed by atoms with E-state index in [9.17, 15) is 9.18 Å². The molecule has 2 heterocycles. The van der Waals surface area contributed by atoms with Gasteiger partial charge in [-0.25, -0.2) is 9.37 Å². The molecule has 1 saturated heterocycles. The van der Waals surface area contributed by atoms with Crippen LogP contribution in [0.3, 0.4) is 0 Å². The molecule has 0 atom stereocenters. The quantitative estimate of drug-likeness (QED) is 0.450. The Morgan fingerprint density at radius 3 is 2.37 bits per heavy atom. The summed E-state index contributed by atoms with van der Waals surface area (Å²) in [6.07, 6.45) is 1.39. The third-order valence-electron chi connectivity index (χ3n) is 5.85. The van der Waals surface area contributed by atoms with E-state index in [1.54, 1.807) is 19.2 Å². The first kappa shape index (κ1) is 24.8. The van der Waals surface area contributed by atoms with Gasteiger partial charge < -0.3 is 19.2 Å². The summed E-state index contributed by atoms with van der Waals surface area (Å²) in [5, 5.41) is 2.90. The highest BCUT2D eigenvalue weighted by Crippen LogP contribution is 2.17. The molecule has 3 aromatic rings. The molecule has 0 radical (unpaired) electrons. The Hall–Kier alpha value is -3.27. The van der Waals surface area contributed by atoms with Crippen molar-refractivity contribution in [2.45, 2.75) is 19.6 Å². The molecule has 9 heteroatoms. The van der Waals surface area contributed by atoms with Gasteiger partial charge in [0, 0.05) is 39.3 Å². The average molecular weight is 483 g/mol. The van der Waals surface area contributed by atoms with Gasteiger partial charge in [-0.1, -0.05) is 24.3 Å². The van der Waals surface area contributed by atoms with Crippen molar-refractivity contribution in [3.63, 3.8) is 0 Å². The van der Waals surface area contributed by atoms with E-state index in [0.29, 0.717) is 32.1 Å².